The van der Waals surface area contributed by atoms with Gasteiger partial charge in [-0.05, 0) is 38.5 Å². The summed E-state index contributed by atoms with van der Waals surface area (Å²) in [6.07, 6.45) is 0.921. The number of alkyl halides is 1. The molecular formula is C27H31FN8O3S. The number of aryl methyl sites for hydroxylation is 1. The first-order chi connectivity index (χ1) is 19.1. The molecule has 0 radical (unpaired) electrons. The number of nitrogens with one attached hydrogen (secondary N) is 3. The van der Waals surface area contributed by atoms with E-state index in [-0.39, 0.29) is 34.9 Å². The van der Waals surface area contributed by atoms with Crippen molar-refractivity contribution >= 4 is 33.0 Å². The molecule has 1 saturated heterocycles. The number of nitrogens with zero attached hydrogens (tertiary/aromatic N) is 5. The molecule has 0 amide bonds. The number of aromatic nitrogens is 5. The molecule has 0 spiro atoms. The van der Waals surface area contributed by atoms with Crippen molar-refractivity contribution < 1.29 is 12.8 Å². The van der Waals surface area contributed by atoms with Crippen LogP contribution in [0.3, 0.4) is 0 Å². The minimum atomic E-state index is -3.70. The van der Waals surface area contributed by atoms with Crippen LogP contribution in [0.25, 0.3) is 22.4 Å². The van der Waals surface area contributed by atoms with Gasteiger partial charge in [0.25, 0.3) is 5.56 Å². The normalized spacial score (nSPS) is 17.7. The van der Waals surface area contributed by atoms with Gasteiger partial charge in [0.2, 0.25) is 16.0 Å². The lowest BCUT2D eigenvalue weighted by Crippen LogP contribution is -2.44. The molecule has 5 rings (SSSR count). The van der Waals surface area contributed by atoms with Gasteiger partial charge in [-0.25, -0.2) is 27.8 Å². The number of fused-ring (bicyclic) bond motifs is 1. The molecule has 0 bridgehead atoms. The molecule has 0 unspecified atom stereocenters. The predicted molar refractivity (Wildman–Crippen MR) is 152 cm³/mol. The van der Waals surface area contributed by atoms with Crippen LogP contribution < -0.4 is 20.9 Å². The molecule has 0 saturated carbocycles. The number of rotatable bonds is 8. The summed E-state index contributed by atoms with van der Waals surface area (Å²) in [4.78, 5) is 31.5. The standard InChI is InChI=1S/C27H31FN8O3S/c1-16(2)36-25-22(14-30-27(34-25)32-20-11-19(28)12-29-13-20)33-24(26(36)37)21-9-10-23(31-17(21)3)35-40(38,39)15-18-7-5-4-6-8-18/h4-10,14,16,19-20,29H,11-13,15H2,1-3H3,(H,31,35)(H,30,32,34)/t19-,20-/m0/s1. The summed E-state index contributed by atoms with van der Waals surface area (Å²) in [5.41, 5.74) is 2.12. The van der Waals surface area contributed by atoms with E-state index in [0.717, 1.165) is 0 Å². The Morgan fingerprint density at radius 2 is 1.88 bits per heavy atom. The van der Waals surface area contributed by atoms with Crippen molar-refractivity contribution in [3.63, 3.8) is 0 Å². The maximum absolute atomic E-state index is 13.8. The minimum Gasteiger partial charge on any atom is -0.350 e. The summed E-state index contributed by atoms with van der Waals surface area (Å²) in [6, 6.07) is 11.6. The Hall–Kier alpha value is -3.97. The predicted octanol–water partition coefficient (Wildman–Crippen LogP) is 3.19. The van der Waals surface area contributed by atoms with Gasteiger partial charge < -0.3 is 10.6 Å². The molecular weight excluding hydrogens is 535 g/mol. The fourth-order valence-electron chi connectivity index (χ4n) is 4.76. The fraction of sp³-hybridized carbons (Fsp3) is 0.370. The molecule has 40 heavy (non-hydrogen) atoms. The van der Waals surface area contributed by atoms with Crippen molar-refractivity contribution in [3.05, 3.63) is 70.3 Å². The number of hydrogen-bond donors (Lipinski definition) is 3. The minimum absolute atomic E-state index is 0.147. The molecule has 1 aliphatic heterocycles. The van der Waals surface area contributed by atoms with E-state index in [1.54, 1.807) is 37.3 Å². The summed E-state index contributed by atoms with van der Waals surface area (Å²) in [5.74, 6) is 0.250. The average Bonchev–Trinajstić information content (AvgIpc) is 2.88. The van der Waals surface area contributed by atoms with Gasteiger partial charge in [0.1, 0.15) is 23.2 Å². The highest BCUT2D eigenvalue weighted by atomic mass is 32.2. The maximum Gasteiger partial charge on any atom is 0.279 e. The van der Waals surface area contributed by atoms with Crippen LogP contribution in [0.2, 0.25) is 0 Å². The van der Waals surface area contributed by atoms with Crippen molar-refractivity contribution in [3.8, 4) is 11.3 Å². The van der Waals surface area contributed by atoms with Gasteiger partial charge in [-0.3, -0.25) is 14.1 Å². The zero-order chi connectivity index (χ0) is 28.4. The summed E-state index contributed by atoms with van der Waals surface area (Å²) in [6.45, 7) is 6.34. The van der Waals surface area contributed by atoms with E-state index >= 15 is 0 Å². The first-order valence-electron chi connectivity index (χ1n) is 13.0. The third-order valence-electron chi connectivity index (χ3n) is 6.58. The second-order valence-electron chi connectivity index (χ2n) is 10.1. The van der Waals surface area contributed by atoms with Crippen LogP contribution in [-0.2, 0) is 15.8 Å². The van der Waals surface area contributed by atoms with Gasteiger partial charge in [0.05, 0.1) is 11.9 Å². The highest BCUT2D eigenvalue weighted by molar-refractivity contribution is 7.91. The van der Waals surface area contributed by atoms with Gasteiger partial charge in [-0.2, -0.15) is 4.98 Å². The van der Waals surface area contributed by atoms with Crippen LogP contribution in [0.4, 0.5) is 16.2 Å². The lowest BCUT2D eigenvalue weighted by atomic mass is 10.1. The van der Waals surface area contributed by atoms with Crippen LogP contribution in [0.15, 0.2) is 53.5 Å². The number of sulfonamides is 1. The van der Waals surface area contributed by atoms with Crippen LogP contribution in [0.5, 0.6) is 0 Å². The van der Waals surface area contributed by atoms with Crippen LogP contribution in [-0.4, -0.2) is 58.2 Å². The van der Waals surface area contributed by atoms with Crippen molar-refractivity contribution in [2.45, 2.75) is 51.2 Å². The smallest absolute Gasteiger partial charge is 0.279 e. The number of benzene rings is 1. The van der Waals surface area contributed by atoms with Crippen molar-refractivity contribution in [1.29, 1.82) is 0 Å². The Kier molecular flexibility index (Phi) is 7.76. The molecule has 3 N–H and O–H groups in total. The largest absolute Gasteiger partial charge is 0.350 e. The molecule has 1 aliphatic rings. The van der Waals surface area contributed by atoms with E-state index in [9.17, 15) is 17.6 Å². The Morgan fingerprint density at radius 3 is 2.58 bits per heavy atom. The van der Waals surface area contributed by atoms with E-state index in [0.29, 0.717) is 53.4 Å². The molecule has 1 fully saturated rings. The van der Waals surface area contributed by atoms with Crippen molar-refractivity contribution in [1.82, 2.24) is 29.8 Å². The first-order valence-corrected chi connectivity index (χ1v) is 14.7. The third-order valence-corrected chi connectivity index (χ3v) is 7.81. The summed E-state index contributed by atoms with van der Waals surface area (Å²) in [7, 11) is -3.70. The van der Waals surface area contributed by atoms with Crippen molar-refractivity contribution in [2.24, 2.45) is 0 Å². The second-order valence-corrected chi connectivity index (χ2v) is 11.9. The first kappa shape index (κ1) is 27.6. The number of piperidine rings is 1. The van der Waals surface area contributed by atoms with Crippen LogP contribution in [0, 0.1) is 6.92 Å². The van der Waals surface area contributed by atoms with Crippen LogP contribution in [0.1, 0.15) is 37.6 Å². The zero-order valence-electron chi connectivity index (χ0n) is 22.4. The van der Waals surface area contributed by atoms with Crippen molar-refractivity contribution in [2.75, 3.05) is 23.1 Å². The van der Waals surface area contributed by atoms with Gasteiger partial charge in [0.15, 0.2) is 5.65 Å². The fourth-order valence-corrected chi connectivity index (χ4v) is 5.90. The molecule has 3 aromatic heterocycles. The number of hydrogen-bond acceptors (Lipinski definition) is 9. The second kappa shape index (κ2) is 11.3. The molecule has 11 nitrogen and oxygen atoms in total. The lowest BCUT2D eigenvalue weighted by Gasteiger charge is -2.26. The van der Waals surface area contributed by atoms with Crippen LogP contribution >= 0.6 is 0 Å². The average molecular weight is 567 g/mol. The monoisotopic (exact) mass is 566 g/mol. The number of halogens is 1. The van der Waals surface area contributed by atoms with E-state index in [4.69, 9.17) is 0 Å². The Labute approximate surface area is 231 Å². The van der Waals surface area contributed by atoms with E-state index in [1.165, 1.54) is 16.8 Å². The lowest BCUT2D eigenvalue weighted by molar-refractivity contribution is 0.254. The van der Waals surface area contributed by atoms with Gasteiger partial charge >= 0.3 is 0 Å². The summed E-state index contributed by atoms with van der Waals surface area (Å²) in [5, 5.41) is 6.18. The highest BCUT2D eigenvalue weighted by Gasteiger charge is 2.23. The summed E-state index contributed by atoms with van der Waals surface area (Å²) >= 11 is 0. The topological polar surface area (TPSA) is 144 Å². The van der Waals surface area contributed by atoms with E-state index in [2.05, 4.69) is 35.3 Å². The molecule has 1 aromatic carbocycles. The Morgan fingerprint density at radius 1 is 1.10 bits per heavy atom. The molecule has 4 aromatic rings. The van der Waals surface area contributed by atoms with Gasteiger partial charge in [-0.15, -0.1) is 0 Å². The zero-order valence-corrected chi connectivity index (χ0v) is 23.2. The molecule has 0 aliphatic carbocycles. The highest BCUT2D eigenvalue weighted by Crippen LogP contribution is 2.24. The quantitative estimate of drug-likeness (QED) is 0.293. The molecule has 2 atom stereocenters. The number of anilines is 2. The Balaban J connectivity index is 1.45. The summed E-state index contributed by atoms with van der Waals surface area (Å²) < 4.78 is 43.2. The SMILES string of the molecule is Cc1nc(NS(=O)(=O)Cc2ccccc2)ccc1-c1nc2cnc(N[C@@H]3CNC[C@@H](F)C3)nc2n(C(C)C)c1=O. The number of pyridine rings is 1. The Bertz CT molecular complexity index is 1700. The van der Waals surface area contributed by atoms with Gasteiger partial charge in [-0.1, -0.05) is 30.3 Å². The molecule has 210 valence electrons. The third kappa shape index (κ3) is 6.10. The van der Waals surface area contributed by atoms with E-state index < -0.39 is 16.2 Å². The van der Waals surface area contributed by atoms with Gasteiger partial charge in [0, 0.05) is 42.9 Å². The van der Waals surface area contributed by atoms with E-state index in [1.807, 2.05) is 19.9 Å². The maximum atomic E-state index is 13.8. The molecule has 13 heteroatoms. The molecule has 4 heterocycles.